The van der Waals surface area contributed by atoms with Crippen molar-refractivity contribution in [2.75, 3.05) is 0 Å². The van der Waals surface area contributed by atoms with Gasteiger partial charge in [-0.3, -0.25) is 0 Å². The van der Waals surface area contributed by atoms with Gasteiger partial charge in [0.15, 0.2) is 0 Å². The summed E-state index contributed by atoms with van der Waals surface area (Å²) in [6, 6.07) is 15.6. The smallest absolute Gasteiger partial charge is 0.347 e. The number of carbonyl (C=O) groups is 2. The number of rotatable bonds is 10. The molecule has 1 aliphatic carbocycles. The van der Waals surface area contributed by atoms with Crippen LogP contribution in [0.25, 0.3) is 0 Å². The highest BCUT2D eigenvalue weighted by molar-refractivity contribution is 5.77. The van der Waals surface area contributed by atoms with Gasteiger partial charge in [0.1, 0.15) is 11.5 Å². The maximum Gasteiger partial charge on any atom is 0.347 e. The molecule has 0 saturated heterocycles. The van der Waals surface area contributed by atoms with E-state index in [0.717, 1.165) is 25.7 Å². The number of hydrogen-bond donors (Lipinski definition) is 2. The molecule has 2 aromatic rings. The van der Waals surface area contributed by atoms with Crippen LogP contribution in [0.5, 0.6) is 11.5 Å². The normalized spacial score (nSPS) is 18.8. The highest BCUT2D eigenvalue weighted by Gasteiger charge is 2.37. The lowest BCUT2D eigenvalue weighted by Crippen LogP contribution is -2.40. The van der Waals surface area contributed by atoms with Gasteiger partial charge in [-0.05, 0) is 74.9 Å². The molecule has 1 aliphatic rings. The number of ether oxygens (including phenoxy) is 2. The van der Waals surface area contributed by atoms with Gasteiger partial charge in [0.25, 0.3) is 0 Å². The lowest BCUT2D eigenvalue weighted by molar-refractivity contribution is -0.154. The van der Waals surface area contributed by atoms with Crippen LogP contribution in [0.2, 0.25) is 0 Å². The summed E-state index contributed by atoms with van der Waals surface area (Å²) in [5.41, 5.74) is -0.334. The SMILES string of the molecule is CC[C@@](C)(Oc1ccc(C2(c3ccc(O[C@@](C)(CC)C(=O)O)cc3)CCCCC2)cc1)C(=O)O. The minimum absolute atomic E-state index is 0.156. The Balaban J connectivity index is 1.89. The molecule has 1 fully saturated rings. The molecule has 0 aliphatic heterocycles. The maximum absolute atomic E-state index is 11.6. The van der Waals surface area contributed by atoms with Crippen molar-refractivity contribution >= 4 is 11.9 Å². The number of carboxylic acid groups (broad SMARTS) is 2. The Kier molecular flexibility index (Phi) is 7.59. The highest BCUT2D eigenvalue weighted by Crippen LogP contribution is 2.45. The zero-order valence-corrected chi connectivity index (χ0v) is 20.6. The van der Waals surface area contributed by atoms with E-state index in [2.05, 4.69) is 0 Å². The van der Waals surface area contributed by atoms with Crippen molar-refractivity contribution in [3.8, 4) is 11.5 Å². The van der Waals surface area contributed by atoms with Crippen LogP contribution in [-0.4, -0.2) is 33.4 Å². The average molecular weight is 469 g/mol. The summed E-state index contributed by atoms with van der Waals surface area (Å²) in [5.74, 6) is -0.880. The Morgan fingerprint density at radius 3 is 1.38 bits per heavy atom. The topological polar surface area (TPSA) is 93.1 Å². The number of aliphatic carboxylic acids is 2. The van der Waals surface area contributed by atoms with Crippen molar-refractivity contribution in [1.29, 1.82) is 0 Å². The molecule has 0 heterocycles. The predicted octanol–water partition coefficient (Wildman–Crippen LogP) is 6.20. The Morgan fingerprint density at radius 1 is 0.735 bits per heavy atom. The summed E-state index contributed by atoms with van der Waals surface area (Å²) < 4.78 is 11.6. The van der Waals surface area contributed by atoms with Gasteiger partial charge < -0.3 is 19.7 Å². The van der Waals surface area contributed by atoms with Crippen LogP contribution >= 0.6 is 0 Å². The highest BCUT2D eigenvalue weighted by atomic mass is 16.5. The number of benzene rings is 2. The van der Waals surface area contributed by atoms with Crippen LogP contribution in [0.1, 0.15) is 83.8 Å². The van der Waals surface area contributed by atoms with Gasteiger partial charge in [-0.2, -0.15) is 0 Å². The second kappa shape index (κ2) is 10.1. The van der Waals surface area contributed by atoms with Crippen molar-refractivity contribution in [2.45, 2.75) is 89.3 Å². The van der Waals surface area contributed by atoms with Gasteiger partial charge in [-0.15, -0.1) is 0 Å². The number of hydrogen-bond acceptors (Lipinski definition) is 4. The van der Waals surface area contributed by atoms with E-state index < -0.39 is 23.1 Å². The van der Waals surface area contributed by atoms with Crippen molar-refractivity contribution in [2.24, 2.45) is 0 Å². The van der Waals surface area contributed by atoms with Gasteiger partial charge in [0, 0.05) is 5.41 Å². The van der Waals surface area contributed by atoms with Crippen LogP contribution in [-0.2, 0) is 15.0 Å². The largest absolute Gasteiger partial charge is 0.478 e. The first-order valence-corrected chi connectivity index (χ1v) is 12.1. The van der Waals surface area contributed by atoms with E-state index in [0.29, 0.717) is 24.3 Å². The molecule has 0 unspecified atom stereocenters. The first-order chi connectivity index (χ1) is 16.1. The fourth-order valence-corrected chi connectivity index (χ4v) is 4.64. The molecule has 184 valence electrons. The van der Waals surface area contributed by atoms with Crippen LogP contribution < -0.4 is 9.47 Å². The molecule has 0 radical (unpaired) electrons. The molecule has 6 nitrogen and oxygen atoms in total. The molecule has 1 saturated carbocycles. The molecule has 2 aromatic carbocycles. The Hall–Kier alpha value is -3.02. The molecular weight excluding hydrogens is 432 g/mol. The second-order valence-electron chi connectivity index (χ2n) is 9.67. The average Bonchev–Trinajstić information content (AvgIpc) is 2.85. The number of carboxylic acids is 2. The fraction of sp³-hybridized carbons (Fsp3) is 0.500. The van der Waals surface area contributed by atoms with E-state index >= 15 is 0 Å². The summed E-state index contributed by atoms with van der Waals surface area (Å²) >= 11 is 0. The van der Waals surface area contributed by atoms with Crippen LogP contribution in [0, 0.1) is 0 Å². The van der Waals surface area contributed by atoms with E-state index in [1.165, 1.54) is 17.5 Å². The predicted molar refractivity (Wildman–Crippen MR) is 131 cm³/mol. The van der Waals surface area contributed by atoms with Crippen molar-refractivity contribution < 1.29 is 29.3 Å². The molecule has 0 bridgehead atoms. The first-order valence-electron chi connectivity index (χ1n) is 12.1. The van der Waals surface area contributed by atoms with E-state index in [4.69, 9.17) is 9.47 Å². The van der Waals surface area contributed by atoms with E-state index in [1.54, 1.807) is 27.7 Å². The summed E-state index contributed by atoms with van der Waals surface area (Å²) in [4.78, 5) is 23.2. The van der Waals surface area contributed by atoms with E-state index in [1.807, 2.05) is 48.5 Å². The zero-order valence-electron chi connectivity index (χ0n) is 20.6. The molecule has 0 spiro atoms. The standard InChI is InChI=1S/C28H36O6/c1-5-26(3,24(29)30)33-22-14-10-20(11-15-22)28(18-8-7-9-19-28)21-12-16-23(17-13-21)34-27(4,6-2)25(31)32/h10-17H,5-9,18-19H2,1-4H3,(H,29,30)(H,31,32)/t26-,27+. The zero-order chi connectivity index (χ0) is 25.0. The van der Waals surface area contributed by atoms with Crippen molar-refractivity contribution in [3.05, 3.63) is 59.7 Å². The van der Waals surface area contributed by atoms with Gasteiger partial charge in [0.2, 0.25) is 11.2 Å². The quantitative estimate of drug-likeness (QED) is 0.431. The van der Waals surface area contributed by atoms with Crippen molar-refractivity contribution in [3.63, 3.8) is 0 Å². The van der Waals surface area contributed by atoms with Crippen molar-refractivity contribution in [1.82, 2.24) is 0 Å². The second-order valence-corrected chi connectivity index (χ2v) is 9.67. The Bertz CT molecular complexity index is 915. The minimum Gasteiger partial charge on any atom is -0.478 e. The third-order valence-corrected chi connectivity index (χ3v) is 7.46. The van der Waals surface area contributed by atoms with Gasteiger partial charge in [-0.1, -0.05) is 57.4 Å². The van der Waals surface area contributed by atoms with Gasteiger partial charge in [0.05, 0.1) is 0 Å². The maximum atomic E-state index is 11.6. The van der Waals surface area contributed by atoms with Gasteiger partial charge >= 0.3 is 11.9 Å². The molecule has 34 heavy (non-hydrogen) atoms. The fourth-order valence-electron chi connectivity index (χ4n) is 4.64. The summed E-state index contributed by atoms with van der Waals surface area (Å²) in [6.07, 6.45) is 6.19. The van der Waals surface area contributed by atoms with Crippen LogP contribution in [0.15, 0.2) is 48.5 Å². The lowest BCUT2D eigenvalue weighted by Gasteiger charge is -2.39. The van der Waals surface area contributed by atoms with Crippen LogP contribution in [0.3, 0.4) is 0 Å². The molecule has 2 N–H and O–H groups in total. The summed E-state index contributed by atoms with van der Waals surface area (Å²) in [7, 11) is 0. The first kappa shape index (κ1) is 25.6. The molecule has 6 heteroatoms. The molecule has 3 rings (SSSR count). The minimum atomic E-state index is -1.26. The summed E-state index contributed by atoms with van der Waals surface area (Å²) in [5, 5.41) is 19.0. The summed E-state index contributed by atoms with van der Waals surface area (Å²) in [6.45, 7) is 6.77. The monoisotopic (exact) mass is 468 g/mol. The third-order valence-electron chi connectivity index (χ3n) is 7.46. The van der Waals surface area contributed by atoms with Gasteiger partial charge in [-0.25, -0.2) is 9.59 Å². The Morgan fingerprint density at radius 2 is 1.09 bits per heavy atom. The van der Waals surface area contributed by atoms with Crippen LogP contribution in [0.4, 0.5) is 0 Å². The Labute approximate surface area is 201 Å². The molecule has 0 amide bonds. The molecular formula is C28H36O6. The molecule has 2 atom stereocenters. The third kappa shape index (κ3) is 5.06. The van der Waals surface area contributed by atoms with E-state index in [-0.39, 0.29) is 5.41 Å². The lowest BCUT2D eigenvalue weighted by atomic mass is 9.65. The van der Waals surface area contributed by atoms with E-state index in [9.17, 15) is 19.8 Å². The molecule has 0 aromatic heterocycles.